The molecule has 3 heterocycles. The highest BCUT2D eigenvalue weighted by molar-refractivity contribution is 6.30. The van der Waals surface area contributed by atoms with Crippen molar-refractivity contribution >= 4 is 29.5 Å². The van der Waals surface area contributed by atoms with E-state index in [1.54, 1.807) is 29.3 Å². The van der Waals surface area contributed by atoms with Crippen LogP contribution >= 0.6 is 11.6 Å². The third-order valence-electron chi connectivity index (χ3n) is 3.96. The predicted octanol–water partition coefficient (Wildman–Crippen LogP) is 1.76. The minimum atomic E-state index is -0.369. The van der Waals surface area contributed by atoms with E-state index in [1.807, 2.05) is 0 Å². The fourth-order valence-corrected chi connectivity index (χ4v) is 2.75. The van der Waals surface area contributed by atoms with Crippen LogP contribution in [0.3, 0.4) is 0 Å². The summed E-state index contributed by atoms with van der Waals surface area (Å²) in [5, 5.41) is 3.05. The molecule has 3 rings (SSSR count). The monoisotopic (exact) mass is 405 g/mol. The second-order valence-corrected chi connectivity index (χ2v) is 6.49. The Morgan fingerprint density at radius 3 is 3.11 bits per heavy atom. The third-order valence-corrected chi connectivity index (χ3v) is 4.17. The van der Waals surface area contributed by atoms with Crippen LogP contribution in [-0.2, 0) is 14.3 Å². The van der Waals surface area contributed by atoms with Crippen molar-refractivity contribution in [2.24, 2.45) is 0 Å². The number of hydrogen-bond donors (Lipinski definition) is 1. The highest BCUT2D eigenvalue weighted by Gasteiger charge is 2.24. The van der Waals surface area contributed by atoms with Gasteiger partial charge in [-0.05, 0) is 18.2 Å². The zero-order valence-electron chi connectivity index (χ0n) is 15.0. The first-order valence-electron chi connectivity index (χ1n) is 8.72. The largest absolute Gasteiger partial charge is 0.489 e. The van der Waals surface area contributed by atoms with E-state index in [0.717, 1.165) is 0 Å². The second-order valence-electron chi connectivity index (χ2n) is 6.05. The highest BCUT2D eigenvalue weighted by Crippen LogP contribution is 2.16. The Morgan fingerprint density at radius 2 is 2.32 bits per heavy atom. The van der Waals surface area contributed by atoms with Crippen LogP contribution in [-0.4, -0.2) is 60.7 Å². The van der Waals surface area contributed by atoms with Gasteiger partial charge in [0.25, 0.3) is 0 Å². The van der Waals surface area contributed by atoms with Crippen molar-refractivity contribution in [1.82, 2.24) is 15.2 Å². The van der Waals surface area contributed by atoms with Crippen LogP contribution in [0.15, 0.2) is 47.3 Å². The molecule has 8 nitrogen and oxygen atoms in total. The van der Waals surface area contributed by atoms with Crippen LogP contribution in [0.4, 0.5) is 0 Å². The number of ether oxygens (including phenoxy) is 2. The average Bonchev–Trinajstić information content (AvgIpc) is 3.23. The molecule has 1 atom stereocenters. The van der Waals surface area contributed by atoms with Gasteiger partial charge in [-0.1, -0.05) is 11.6 Å². The summed E-state index contributed by atoms with van der Waals surface area (Å²) in [6, 6.07) is 5.11. The maximum absolute atomic E-state index is 12.3. The third kappa shape index (κ3) is 6.11. The van der Waals surface area contributed by atoms with Gasteiger partial charge in [-0.15, -0.1) is 0 Å². The molecule has 2 amide bonds. The van der Waals surface area contributed by atoms with E-state index < -0.39 is 0 Å². The van der Waals surface area contributed by atoms with E-state index in [2.05, 4.69) is 10.3 Å². The summed E-state index contributed by atoms with van der Waals surface area (Å²) in [4.78, 5) is 29.7. The molecule has 0 saturated carbocycles. The zero-order chi connectivity index (χ0) is 19.8. The van der Waals surface area contributed by atoms with Gasteiger partial charge in [0.05, 0.1) is 37.2 Å². The number of carbonyl (C=O) groups excluding carboxylic acids is 2. The first-order chi connectivity index (χ1) is 13.6. The number of aromatic nitrogens is 1. The number of pyridine rings is 1. The lowest BCUT2D eigenvalue weighted by Gasteiger charge is -2.32. The molecular formula is C19H20ClN3O5. The van der Waals surface area contributed by atoms with Crippen LogP contribution in [0.2, 0.25) is 5.02 Å². The Hall–Kier alpha value is -2.84. The lowest BCUT2D eigenvalue weighted by atomic mass is 10.2. The first-order valence-corrected chi connectivity index (χ1v) is 9.10. The molecule has 1 fully saturated rings. The number of rotatable bonds is 7. The number of hydrogen-bond acceptors (Lipinski definition) is 6. The van der Waals surface area contributed by atoms with Crippen molar-refractivity contribution in [3.05, 3.63) is 53.7 Å². The Balaban J connectivity index is 1.41. The van der Waals surface area contributed by atoms with E-state index in [0.29, 0.717) is 36.2 Å². The van der Waals surface area contributed by atoms with Gasteiger partial charge in [-0.2, -0.15) is 0 Å². The minimum absolute atomic E-state index is 0.0902. The summed E-state index contributed by atoms with van der Waals surface area (Å²) in [5.41, 5.74) is 0. The fourth-order valence-electron chi connectivity index (χ4n) is 2.58. The summed E-state index contributed by atoms with van der Waals surface area (Å²) >= 11 is 5.87. The van der Waals surface area contributed by atoms with Crippen molar-refractivity contribution in [2.45, 2.75) is 6.10 Å². The number of halogens is 1. The number of furan rings is 1. The van der Waals surface area contributed by atoms with E-state index in [9.17, 15) is 9.59 Å². The highest BCUT2D eigenvalue weighted by atomic mass is 35.5. The Morgan fingerprint density at radius 1 is 1.43 bits per heavy atom. The number of nitrogens with zero attached hydrogens (tertiary/aromatic N) is 2. The van der Waals surface area contributed by atoms with Gasteiger partial charge in [0, 0.05) is 24.9 Å². The molecule has 1 unspecified atom stereocenters. The molecule has 9 heteroatoms. The topological polar surface area (TPSA) is 93.9 Å². The standard InChI is InChI=1S/C19H20ClN3O5/c20-14-8-16(10-21-9-14)28-13-17-12-23(5-7-27-17)19(25)11-22-18(24)4-3-15-2-1-6-26-15/h1-4,6,8-10,17H,5,7,11-13H2,(H,22,24)/b4-3-. The van der Waals surface area contributed by atoms with Gasteiger partial charge < -0.3 is 24.1 Å². The summed E-state index contributed by atoms with van der Waals surface area (Å²) in [6.07, 6.45) is 7.18. The average molecular weight is 406 g/mol. The summed E-state index contributed by atoms with van der Waals surface area (Å²) in [6.45, 7) is 1.42. The predicted molar refractivity (Wildman–Crippen MR) is 102 cm³/mol. The number of amides is 2. The van der Waals surface area contributed by atoms with E-state index in [-0.39, 0.29) is 31.1 Å². The summed E-state index contributed by atoms with van der Waals surface area (Å²) < 4.78 is 16.4. The van der Waals surface area contributed by atoms with Crippen LogP contribution in [0.5, 0.6) is 5.75 Å². The molecule has 0 radical (unpaired) electrons. The van der Waals surface area contributed by atoms with Gasteiger partial charge in [0.15, 0.2) is 0 Å². The van der Waals surface area contributed by atoms with Gasteiger partial charge in [0.2, 0.25) is 11.8 Å². The molecule has 2 aromatic heterocycles. The lowest BCUT2D eigenvalue weighted by Crippen LogP contribution is -2.50. The summed E-state index contributed by atoms with van der Waals surface area (Å²) in [7, 11) is 0. The molecule has 0 aliphatic carbocycles. The van der Waals surface area contributed by atoms with Gasteiger partial charge in [-0.3, -0.25) is 14.6 Å². The zero-order valence-corrected chi connectivity index (χ0v) is 15.8. The molecule has 1 N–H and O–H groups in total. The molecule has 28 heavy (non-hydrogen) atoms. The van der Waals surface area contributed by atoms with Crippen molar-refractivity contribution in [3.8, 4) is 5.75 Å². The number of carbonyl (C=O) groups is 2. The summed E-state index contributed by atoms with van der Waals surface area (Å²) in [5.74, 6) is 0.548. The fraction of sp³-hybridized carbons (Fsp3) is 0.316. The molecule has 1 aliphatic heterocycles. The van der Waals surface area contributed by atoms with E-state index >= 15 is 0 Å². The van der Waals surface area contributed by atoms with Crippen molar-refractivity contribution in [3.63, 3.8) is 0 Å². The normalized spacial score (nSPS) is 16.9. The lowest BCUT2D eigenvalue weighted by molar-refractivity contribution is -0.140. The van der Waals surface area contributed by atoms with Crippen molar-refractivity contribution in [2.75, 3.05) is 32.8 Å². The van der Waals surface area contributed by atoms with E-state index in [4.69, 9.17) is 25.5 Å². The van der Waals surface area contributed by atoms with Crippen LogP contribution in [0.1, 0.15) is 5.76 Å². The first kappa shape index (κ1) is 19.9. The number of nitrogens with one attached hydrogen (secondary N) is 1. The molecule has 0 bridgehead atoms. The molecule has 1 saturated heterocycles. The van der Waals surface area contributed by atoms with Gasteiger partial charge in [-0.25, -0.2) is 0 Å². The second kappa shape index (κ2) is 9.91. The van der Waals surface area contributed by atoms with Crippen LogP contribution < -0.4 is 10.1 Å². The number of morpholine rings is 1. The van der Waals surface area contributed by atoms with Crippen molar-refractivity contribution < 1.29 is 23.5 Å². The van der Waals surface area contributed by atoms with Crippen molar-refractivity contribution in [1.29, 1.82) is 0 Å². The molecule has 148 valence electrons. The van der Waals surface area contributed by atoms with Gasteiger partial charge >= 0.3 is 0 Å². The molecule has 0 spiro atoms. The Labute approximate surface area is 167 Å². The molecule has 0 aromatic carbocycles. The Bertz CT molecular complexity index is 825. The quantitative estimate of drug-likeness (QED) is 0.705. The Kier molecular flexibility index (Phi) is 7.05. The maximum Gasteiger partial charge on any atom is 0.244 e. The smallest absolute Gasteiger partial charge is 0.244 e. The van der Waals surface area contributed by atoms with Crippen LogP contribution in [0, 0.1) is 0 Å². The van der Waals surface area contributed by atoms with Gasteiger partial charge in [0.1, 0.15) is 24.2 Å². The van der Waals surface area contributed by atoms with Crippen LogP contribution in [0.25, 0.3) is 6.08 Å². The SMILES string of the molecule is O=C(/C=C\c1ccco1)NCC(=O)N1CCOC(COc2cncc(Cl)c2)C1. The molecular weight excluding hydrogens is 386 g/mol. The maximum atomic E-state index is 12.3. The molecule has 2 aromatic rings. The molecule has 1 aliphatic rings. The van der Waals surface area contributed by atoms with E-state index in [1.165, 1.54) is 24.6 Å². The minimum Gasteiger partial charge on any atom is -0.489 e.